The number of fused-ring (bicyclic) bond motifs is 1. The molecule has 0 unspecified atom stereocenters. The molecular formula is C8H6N2OS2. The summed E-state index contributed by atoms with van der Waals surface area (Å²) in [5.41, 5.74) is 0.535. The summed E-state index contributed by atoms with van der Waals surface area (Å²) in [6.45, 7) is 0. The Morgan fingerprint density at radius 2 is 2.08 bits per heavy atom. The van der Waals surface area contributed by atoms with E-state index >= 15 is 0 Å². The van der Waals surface area contributed by atoms with Crippen LogP contribution in [-0.4, -0.2) is 9.97 Å². The molecule has 0 spiro atoms. The van der Waals surface area contributed by atoms with Crippen molar-refractivity contribution in [2.75, 3.05) is 0 Å². The molecule has 2 N–H and O–H groups in total. The highest BCUT2D eigenvalue weighted by molar-refractivity contribution is 7.80. The molecule has 13 heavy (non-hydrogen) atoms. The molecule has 0 aliphatic rings. The summed E-state index contributed by atoms with van der Waals surface area (Å²) in [6.07, 6.45) is 0. The van der Waals surface area contributed by atoms with Gasteiger partial charge >= 0.3 is 0 Å². The third-order valence-electron chi connectivity index (χ3n) is 1.72. The van der Waals surface area contributed by atoms with Gasteiger partial charge in [0, 0.05) is 4.90 Å². The summed E-state index contributed by atoms with van der Waals surface area (Å²) in [4.78, 5) is 17.5. The van der Waals surface area contributed by atoms with Crippen LogP contribution in [0, 0.1) is 4.77 Å². The van der Waals surface area contributed by atoms with E-state index in [1.807, 2.05) is 0 Å². The van der Waals surface area contributed by atoms with Crippen LogP contribution >= 0.6 is 24.8 Å². The first kappa shape index (κ1) is 8.52. The third-order valence-corrected chi connectivity index (χ3v) is 2.21. The van der Waals surface area contributed by atoms with Crippen LogP contribution < -0.4 is 5.56 Å². The highest BCUT2D eigenvalue weighted by Gasteiger charge is 1.98. The molecule has 2 aromatic rings. The molecule has 5 heteroatoms. The fraction of sp³-hybridized carbons (Fsp3) is 0. The van der Waals surface area contributed by atoms with Gasteiger partial charge in [-0.3, -0.25) is 9.78 Å². The van der Waals surface area contributed by atoms with Gasteiger partial charge in [-0.15, -0.1) is 12.6 Å². The van der Waals surface area contributed by atoms with Crippen LogP contribution in [0.3, 0.4) is 0 Å². The summed E-state index contributed by atoms with van der Waals surface area (Å²) < 4.78 is 0.330. The largest absolute Gasteiger partial charge is 0.332 e. The van der Waals surface area contributed by atoms with Gasteiger partial charge in [0.15, 0.2) is 4.77 Å². The van der Waals surface area contributed by atoms with Gasteiger partial charge in [0.1, 0.15) is 0 Å². The second-order valence-electron chi connectivity index (χ2n) is 2.64. The fourth-order valence-corrected chi connectivity index (χ4v) is 1.56. The first-order valence-corrected chi connectivity index (χ1v) is 4.48. The van der Waals surface area contributed by atoms with Crippen LogP contribution in [0.25, 0.3) is 10.9 Å². The van der Waals surface area contributed by atoms with Gasteiger partial charge in [0.05, 0.1) is 10.9 Å². The summed E-state index contributed by atoms with van der Waals surface area (Å²) in [6, 6.07) is 5.24. The Labute approximate surface area is 84.2 Å². The fourth-order valence-electron chi connectivity index (χ4n) is 1.16. The maximum Gasteiger partial charge on any atom is 0.259 e. The molecule has 0 aliphatic heterocycles. The molecule has 0 aliphatic carbocycles. The molecule has 1 aromatic heterocycles. The Hall–Kier alpha value is -1.07. The molecule has 66 valence electrons. The number of aromatic nitrogens is 2. The van der Waals surface area contributed by atoms with Crippen LogP contribution in [0.2, 0.25) is 0 Å². The molecule has 0 atom stereocenters. The molecule has 1 aromatic carbocycles. The average molecular weight is 210 g/mol. The Bertz CT molecular complexity index is 570. The van der Waals surface area contributed by atoms with E-state index in [0.717, 1.165) is 4.90 Å². The number of aromatic amines is 2. The van der Waals surface area contributed by atoms with E-state index in [-0.39, 0.29) is 5.56 Å². The number of thiol groups is 1. The van der Waals surface area contributed by atoms with Crippen molar-refractivity contribution in [3.63, 3.8) is 0 Å². The Balaban J connectivity index is 3.03. The lowest BCUT2D eigenvalue weighted by Gasteiger charge is -1.97. The molecule has 3 nitrogen and oxygen atoms in total. The van der Waals surface area contributed by atoms with Gasteiger partial charge in [-0.25, -0.2) is 0 Å². The Morgan fingerprint density at radius 1 is 1.31 bits per heavy atom. The first-order valence-electron chi connectivity index (χ1n) is 3.62. The lowest BCUT2D eigenvalue weighted by Crippen LogP contribution is -2.07. The second kappa shape index (κ2) is 3.01. The van der Waals surface area contributed by atoms with E-state index in [2.05, 4.69) is 22.6 Å². The highest BCUT2D eigenvalue weighted by atomic mass is 32.1. The molecule has 0 bridgehead atoms. The maximum absolute atomic E-state index is 11.3. The van der Waals surface area contributed by atoms with E-state index in [4.69, 9.17) is 12.2 Å². The van der Waals surface area contributed by atoms with Crippen molar-refractivity contribution in [1.82, 2.24) is 9.97 Å². The van der Waals surface area contributed by atoms with Gasteiger partial charge in [-0.05, 0) is 30.4 Å². The smallest absolute Gasteiger partial charge is 0.259 e. The predicted octanol–water partition coefficient (Wildman–Crippen LogP) is 1.87. The molecule has 0 fully saturated rings. The summed E-state index contributed by atoms with van der Waals surface area (Å²) >= 11 is 9.00. The van der Waals surface area contributed by atoms with Gasteiger partial charge in [0.25, 0.3) is 5.56 Å². The standard InChI is InChI=1S/C8H6N2OS2/c11-7-5-2-1-4(12)3-6(5)9-8(13)10-7/h1-3,12H,(H2,9,10,11,13). The van der Waals surface area contributed by atoms with Gasteiger partial charge < -0.3 is 4.98 Å². The second-order valence-corrected chi connectivity index (χ2v) is 3.56. The number of H-pyrrole nitrogens is 2. The van der Waals surface area contributed by atoms with Crippen LogP contribution in [0.15, 0.2) is 27.9 Å². The molecule has 0 radical (unpaired) electrons. The van der Waals surface area contributed by atoms with Crippen LogP contribution in [0.4, 0.5) is 0 Å². The quantitative estimate of drug-likeness (QED) is 0.459. The summed E-state index contributed by atoms with van der Waals surface area (Å²) in [5.74, 6) is 0. The zero-order valence-corrected chi connectivity index (χ0v) is 8.21. The van der Waals surface area contributed by atoms with Gasteiger partial charge in [-0.2, -0.15) is 0 Å². The van der Waals surface area contributed by atoms with Crippen molar-refractivity contribution in [3.8, 4) is 0 Å². The highest BCUT2D eigenvalue weighted by Crippen LogP contribution is 2.12. The molecular weight excluding hydrogens is 204 g/mol. The zero-order valence-electron chi connectivity index (χ0n) is 6.50. The molecule has 0 saturated heterocycles. The van der Waals surface area contributed by atoms with Gasteiger partial charge in [0.2, 0.25) is 0 Å². The van der Waals surface area contributed by atoms with E-state index in [1.54, 1.807) is 18.2 Å². The Kier molecular flexibility index (Phi) is 1.97. The molecule has 1 heterocycles. The summed E-state index contributed by atoms with van der Waals surface area (Å²) in [7, 11) is 0. The van der Waals surface area contributed by atoms with Crippen molar-refractivity contribution in [2.24, 2.45) is 0 Å². The third kappa shape index (κ3) is 1.52. The minimum Gasteiger partial charge on any atom is -0.332 e. The van der Waals surface area contributed by atoms with E-state index in [0.29, 0.717) is 15.7 Å². The van der Waals surface area contributed by atoms with Crippen LogP contribution in [0.5, 0.6) is 0 Å². The zero-order chi connectivity index (χ0) is 9.42. The van der Waals surface area contributed by atoms with Crippen molar-refractivity contribution >= 4 is 35.7 Å². The molecule has 0 saturated carbocycles. The SMILES string of the molecule is O=c1[nH]c(=S)[nH]c2cc(S)ccc12. The van der Waals surface area contributed by atoms with E-state index < -0.39 is 0 Å². The first-order chi connectivity index (χ1) is 6.16. The lowest BCUT2D eigenvalue weighted by molar-refractivity contribution is 1.13. The van der Waals surface area contributed by atoms with Crippen LogP contribution in [0.1, 0.15) is 0 Å². The van der Waals surface area contributed by atoms with Crippen molar-refractivity contribution in [2.45, 2.75) is 4.90 Å². The van der Waals surface area contributed by atoms with Crippen molar-refractivity contribution < 1.29 is 0 Å². The molecule has 2 rings (SSSR count). The number of hydrogen-bond acceptors (Lipinski definition) is 3. The Morgan fingerprint density at radius 3 is 2.85 bits per heavy atom. The van der Waals surface area contributed by atoms with E-state index in [1.165, 1.54) is 0 Å². The van der Waals surface area contributed by atoms with Crippen molar-refractivity contribution in [1.29, 1.82) is 0 Å². The van der Waals surface area contributed by atoms with Crippen LogP contribution in [-0.2, 0) is 0 Å². The minimum atomic E-state index is -0.174. The topological polar surface area (TPSA) is 48.6 Å². The molecule has 0 amide bonds. The summed E-state index contributed by atoms with van der Waals surface area (Å²) in [5, 5.41) is 0.589. The number of rotatable bonds is 0. The van der Waals surface area contributed by atoms with Crippen molar-refractivity contribution in [3.05, 3.63) is 33.3 Å². The average Bonchev–Trinajstić information content (AvgIpc) is 2.02. The number of hydrogen-bond donors (Lipinski definition) is 3. The monoisotopic (exact) mass is 210 g/mol. The van der Waals surface area contributed by atoms with E-state index in [9.17, 15) is 4.79 Å². The lowest BCUT2D eigenvalue weighted by atomic mass is 10.2. The maximum atomic E-state index is 11.3. The normalized spacial score (nSPS) is 10.5. The van der Waals surface area contributed by atoms with Gasteiger partial charge in [-0.1, -0.05) is 0 Å². The number of nitrogens with one attached hydrogen (secondary N) is 2. The predicted molar refractivity (Wildman–Crippen MR) is 57.0 cm³/mol. The minimum absolute atomic E-state index is 0.174. The number of benzene rings is 1.